The maximum atomic E-state index is 13.9. The lowest BCUT2D eigenvalue weighted by atomic mass is 10.0. The van der Waals surface area contributed by atoms with Gasteiger partial charge in [0, 0.05) is 16.6 Å². The molecule has 4 rings (SSSR count). The molecule has 1 saturated carbocycles. The molecule has 1 aliphatic rings. The third-order valence-corrected chi connectivity index (χ3v) is 8.61. The summed E-state index contributed by atoms with van der Waals surface area (Å²) < 4.78 is 41.5. The fourth-order valence-electron chi connectivity index (χ4n) is 4.65. The van der Waals surface area contributed by atoms with Gasteiger partial charge in [0.1, 0.15) is 12.4 Å². The van der Waals surface area contributed by atoms with E-state index in [-0.39, 0.29) is 17.6 Å². The fraction of sp³-hybridized carbons (Fsp3) is 0.375. The van der Waals surface area contributed by atoms with Gasteiger partial charge in [0.25, 0.3) is 0 Å². The first-order chi connectivity index (χ1) is 14.8. The van der Waals surface area contributed by atoms with Crippen LogP contribution < -0.4 is 0 Å². The number of carbonyl (C=O) groups is 1. The van der Waals surface area contributed by atoms with Crippen LogP contribution in [0.3, 0.4) is 0 Å². The van der Waals surface area contributed by atoms with Gasteiger partial charge in [-0.05, 0) is 67.6 Å². The van der Waals surface area contributed by atoms with E-state index in [0.29, 0.717) is 22.2 Å². The largest absolute Gasteiger partial charge is 0.480 e. The Bertz CT molecular complexity index is 1220. The summed E-state index contributed by atoms with van der Waals surface area (Å²) in [5.74, 6) is -1.34. The number of halogens is 1. The number of hydrogen-bond acceptors (Lipinski definition) is 3. The van der Waals surface area contributed by atoms with Gasteiger partial charge in [-0.2, -0.15) is 0 Å². The second-order valence-corrected chi connectivity index (χ2v) is 10.6. The molecule has 0 aliphatic heterocycles. The number of carboxylic acids is 1. The number of nitrogens with zero attached hydrogens (tertiary/aromatic N) is 1. The van der Waals surface area contributed by atoms with Crippen LogP contribution in [0.5, 0.6) is 0 Å². The average molecular weight is 444 g/mol. The molecule has 1 aromatic heterocycles. The summed E-state index contributed by atoms with van der Waals surface area (Å²) in [7, 11) is -3.33. The van der Waals surface area contributed by atoms with Crippen LogP contribution in [0.2, 0.25) is 0 Å². The van der Waals surface area contributed by atoms with Crippen molar-refractivity contribution in [2.45, 2.75) is 62.1 Å². The average Bonchev–Trinajstić information content (AvgIpc) is 2.99. The summed E-state index contributed by atoms with van der Waals surface area (Å²) in [6.07, 6.45) is 4.91. The highest BCUT2D eigenvalue weighted by Crippen LogP contribution is 2.31. The Hall–Kier alpha value is -2.67. The molecule has 7 heteroatoms. The molecule has 0 atom stereocenters. The van der Waals surface area contributed by atoms with E-state index in [0.717, 1.165) is 48.9 Å². The van der Waals surface area contributed by atoms with Gasteiger partial charge >= 0.3 is 5.97 Å². The summed E-state index contributed by atoms with van der Waals surface area (Å²) in [6, 6.07) is 11.3. The highest BCUT2D eigenvalue weighted by atomic mass is 32.2. The quantitative estimate of drug-likeness (QED) is 0.590. The highest BCUT2D eigenvalue weighted by molar-refractivity contribution is 7.92. The lowest BCUT2D eigenvalue weighted by Gasteiger charge is -2.21. The summed E-state index contributed by atoms with van der Waals surface area (Å²) >= 11 is 0. The topological polar surface area (TPSA) is 76.4 Å². The Morgan fingerprint density at radius 2 is 1.77 bits per heavy atom. The molecule has 3 aromatic rings. The zero-order chi connectivity index (χ0) is 22.2. The predicted molar refractivity (Wildman–Crippen MR) is 118 cm³/mol. The van der Waals surface area contributed by atoms with Crippen LogP contribution in [-0.4, -0.2) is 29.3 Å². The monoisotopic (exact) mass is 443 g/mol. The molecular weight excluding hydrogens is 417 g/mol. The van der Waals surface area contributed by atoms with E-state index in [2.05, 4.69) is 0 Å². The van der Waals surface area contributed by atoms with Crippen molar-refractivity contribution < 1.29 is 22.7 Å². The Balaban J connectivity index is 1.66. The third kappa shape index (κ3) is 4.24. The molecule has 164 valence electrons. The minimum atomic E-state index is -3.33. The van der Waals surface area contributed by atoms with Crippen LogP contribution in [0.4, 0.5) is 4.39 Å². The Labute approximate surface area is 181 Å². The van der Waals surface area contributed by atoms with Crippen molar-refractivity contribution >= 4 is 26.7 Å². The van der Waals surface area contributed by atoms with Crippen LogP contribution in [-0.2, 0) is 27.6 Å². The number of sulfone groups is 1. The van der Waals surface area contributed by atoms with E-state index >= 15 is 0 Å². The molecule has 0 radical (unpaired) electrons. The smallest absolute Gasteiger partial charge is 0.323 e. The molecule has 0 amide bonds. The predicted octanol–water partition coefficient (Wildman–Crippen LogP) is 4.87. The molecule has 0 saturated heterocycles. The van der Waals surface area contributed by atoms with E-state index in [9.17, 15) is 22.7 Å². The van der Waals surface area contributed by atoms with Crippen LogP contribution in [0.1, 0.15) is 48.9 Å². The van der Waals surface area contributed by atoms with Gasteiger partial charge in [-0.1, -0.05) is 31.4 Å². The standard InChI is InChI=1S/C24H26FNO4S/c1-16-21(22-14-18(25)9-12-23(22)26(16)15-24(27)28)13-17-7-10-20(11-8-17)31(29,30)19-5-3-2-4-6-19/h7-12,14,19H,2-6,13,15H2,1H3,(H,27,28). The van der Waals surface area contributed by atoms with Crippen molar-refractivity contribution in [3.63, 3.8) is 0 Å². The molecule has 0 bridgehead atoms. The van der Waals surface area contributed by atoms with Crippen molar-refractivity contribution in [2.24, 2.45) is 0 Å². The maximum absolute atomic E-state index is 13.9. The summed E-state index contributed by atoms with van der Waals surface area (Å²) in [6.45, 7) is 1.63. The molecule has 1 heterocycles. The van der Waals surface area contributed by atoms with E-state index in [1.54, 1.807) is 34.9 Å². The van der Waals surface area contributed by atoms with Gasteiger partial charge in [0.2, 0.25) is 0 Å². The van der Waals surface area contributed by atoms with Gasteiger partial charge in [-0.15, -0.1) is 0 Å². The first-order valence-corrected chi connectivity index (χ1v) is 12.1. The molecule has 1 N–H and O–H groups in total. The zero-order valence-electron chi connectivity index (χ0n) is 17.5. The Kier molecular flexibility index (Phi) is 5.88. The van der Waals surface area contributed by atoms with Crippen molar-refractivity contribution in [1.29, 1.82) is 0 Å². The van der Waals surface area contributed by atoms with Crippen LogP contribution >= 0.6 is 0 Å². The number of benzene rings is 2. The van der Waals surface area contributed by atoms with Crippen LogP contribution in [0.25, 0.3) is 10.9 Å². The number of aromatic nitrogens is 1. The van der Waals surface area contributed by atoms with E-state index in [1.807, 2.05) is 6.92 Å². The maximum Gasteiger partial charge on any atom is 0.323 e. The first kappa shape index (κ1) is 21.6. The Morgan fingerprint density at radius 3 is 2.42 bits per heavy atom. The summed E-state index contributed by atoms with van der Waals surface area (Å²) in [5, 5.41) is 9.65. The highest BCUT2D eigenvalue weighted by Gasteiger charge is 2.28. The Morgan fingerprint density at radius 1 is 1.10 bits per heavy atom. The van der Waals surface area contributed by atoms with Crippen LogP contribution in [0, 0.1) is 12.7 Å². The SMILES string of the molecule is Cc1c(Cc2ccc(S(=O)(=O)C3CCCCC3)cc2)c2cc(F)ccc2n1CC(=O)O. The number of fused-ring (bicyclic) bond motifs is 1. The molecule has 0 spiro atoms. The van der Waals surface area contributed by atoms with Crippen molar-refractivity contribution in [3.8, 4) is 0 Å². The van der Waals surface area contributed by atoms with E-state index < -0.39 is 15.8 Å². The van der Waals surface area contributed by atoms with Crippen molar-refractivity contribution in [2.75, 3.05) is 0 Å². The lowest BCUT2D eigenvalue weighted by Crippen LogP contribution is -2.24. The van der Waals surface area contributed by atoms with Crippen LogP contribution in [0.15, 0.2) is 47.4 Å². The van der Waals surface area contributed by atoms with Crippen molar-refractivity contribution in [1.82, 2.24) is 4.57 Å². The molecule has 5 nitrogen and oxygen atoms in total. The molecule has 1 fully saturated rings. The molecule has 2 aromatic carbocycles. The minimum absolute atomic E-state index is 0.202. The molecular formula is C24H26FNO4S. The van der Waals surface area contributed by atoms with E-state index in [4.69, 9.17) is 0 Å². The van der Waals surface area contributed by atoms with E-state index in [1.165, 1.54) is 12.1 Å². The first-order valence-electron chi connectivity index (χ1n) is 10.6. The van der Waals surface area contributed by atoms with Gasteiger partial charge in [0.05, 0.1) is 10.1 Å². The summed E-state index contributed by atoms with van der Waals surface area (Å²) in [5.41, 5.74) is 3.18. The number of rotatable bonds is 6. The van der Waals surface area contributed by atoms with Crippen molar-refractivity contribution in [3.05, 3.63) is 65.1 Å². The molecule has 31 heavy (non-hydrogen) atoms. The normalized spacial score (nSPS) is 15.4. The number of carboxylic acid groups (broad SMARTS) is 1. The van der Waals surface area contributed by atoms with Gasteiger partial charge in [-0.25, -0.2) is 12.8 Å². The number of aliphatic carboxylic acids is 1. The zero-order valence-corrected chi connectivity index (χ0v) is 18.3. The van der Waals surface area contributed by atoms with Gasteiger partial charge < -0.3 is 9.67 Å². The van der Waals surface area contributed by atoms with Gasteiger partial charge in [0.15, 0.2) is 9.84 Å². The number of hydrogen-bond donors (Lipinski definition) is 1. The molecule has 0 unspecified atom stereocenters. The second kappa shape index (κ2) is 8.46. The second-order valence-electron chi connectivity index (χ2n) is 8.33. The fourth-order valence-corrected chi connectivity index (χ4v) is 6.51. The third-order valence-electron chi connectivity index (χ3n) is 6.33. The summed E-state index contributed by atoms with van der Waals surface area (Å²) in [4.78, 5) is 11.7. The minimum Gasteiger partial charge on any atom is -0.480 e. The lowest BCUT2D eigenvalue weighted by molar-refractivity contribution is -0.137. The molecule has 1 aliphatic carbocycles. The van der Waals surface area contributed by atoms with Gasteiger partial charge in [-0.3, -0.25) is 4.79 Å².